The van der Waals surface area contributed by atoms with Crippen LogP contribution in [0.1, 0.15) is 0 Å². The van der Waals surface area contributed by atoms with Crippen LogP contribution in [-0.4, -0.2) is 9.97 Å². The van der Waals surface area contributed by atoms with Crippen molar-refractivity contribution < 1.29 is 4.74 Å². The second-order valence-electron chi connectivity index (χ2n) is 3.07. The summed E-state index contributed by atoms with van der Waals surface area (Å²) in [6.07, 6.45) is 1.28. The van der Waals surface area contributed by atoms with Crippen molar-refractivity contribution in [2.45, 2.75) is 0 Å². The lowest BCUT2D eigenvalue weighted by atomic mass is 10.3. The molecule has 0 radical (unpaired) electrons. The van der Waals surface area contributed by atoms with Gasteiger partial charge < -0.3 is 15.5 Å². The topological polar surface area (TPSA) is 81.0 Å². The molecule has 5 nitrogen and oxygen atoms in total. The predicted octanol–water partition coefficient (Wildman–Crippen LogP) is 1.91. The molecule has 2 aromatic rings. The summed E-state index contributed by atoms with van der Waals surface area (Å²) in [6.45, 7) is 0. The number of ether oxygens (including phenoxy) is 1. The number of nitrogen functional groups attached to an aromatic ring is 1. The van der Waals surface area contributed by atoms with Crippen LogP contribution in [0.15, 0.2) is 39.9 Å². The molecule has 0 unspecified atom stereocenters. The van der Waals surface area contributed by atoms with Crippen LogP contribution in [-0.2, 0) is 0 Å². The van der Waals surface area contributed by atoms with Crippen LogP contribution < -0.4 is 16.0 Å². The molecule has 3 N–H and O–H groups in total. The van der Waals surface area contributed by atoms with Crippen LogP contribution >= 0.6 is 15.9 Å². The van der Waals surface area contributed by atoms with Crippen LogP contribution in [0.25, 0.3) is 0 Å². The van der Waals surface area contributed by atoms with Crippen LogP contribution in [0.4, 0.5) is 5.69 Å². The zero-order valence-electron chi connectivity index (χ0n) is 8.11. The Labute approximate surface area is 99.4 Å². The third-order valence-corrected chi connectivity index (χ3v) is 2.23. The zero-order valence-corrected chi connectivity index (χ0v) is 9.69. The summed E-state index contributed by atoms with van der Waals surface area (Å²) < 4.78 is 6.18. The molecule has 6 heteroatoms. The largest absolute Gasteiger partial charge is 0.439 e. The number of hydrogen-bond acceptors (Lipinski definition) is 4. The molecular weight excluding hydrogens is 274 g/mol. The number of aromatic amines is 1. The van der Waals surface area contributed by atoms with Gasteiger partial charge in [-0.05, 0) is 12.1 Å². The lowest BCUT2D eigenvalue weighted by Crippen LogP contribution is -2.04. The van der Waals surface area contributed by atoms with Gasteiger partial charge in [0.05, 0.1) is 12.4 Å². The summed E-state index contributed by atoms with van der Waals surface area (Å²) >= 11 is 3.29. The van der Waals surface area contributed by atoms with Gasteiger partial charge in [-0.2, -0.15) is 0 Å². The van der Waals surface area contributed by atoms with E-state index in [1.165, 1.54) is 12.4 Å². The fourth-order valence-corrected chi connectivity index (χ4v) is 1.66. The van der Waals surface area contributed by atoms with E-state index in [2.05, 4.69) is 25.9 Å². The van der Waals surface area contributed by atoms with Gasteiger partial charge in [0, 0.05) is 16.2 Å². The number of anilines is 1. The van der Waals surface area contributed by atoms with E-state index in [4.69, 9.17) is 10.5 Å². The second kappa shape index (κ2) is 4.36. The highest BCUT2D eigenvalue weighted by Crippen LogP contribution is 2.25. The first-order valence-electron chi connectivity index (χ1n) is 4.42. The van der Waals surface area contributed by atoms with Gasteiger partial charge in [-0.3, -0.25) is 4.79 Å². The molecule has 0 aliphatic heterocycles. The number of nitrogens with two attached hydrogens (primary N) is 1. The average Bonchev–Trinajstić information content (AvgIpc) is 2.15. The molecule has 1 aromatic carbocycles. The van der Waals surface area contributed by atoms with Crippen molar-refractivity contribution in [3.8, 4) is 11.6 Å². The van der Waals surface area contributed by atoms with Crippen molar-refractivity contribution in [2.24, 2.45) is 0 Å². The Bertz CT molecular complexity index is 548. The van der Waals surface area contributed by atoms with E-state index in [1.807, 2.05) is 0 Å². The van der Waals surface area contributed by atoms with Gasteiger partial charge in [0.15, 0.2) is 0 Å². The van der Waals surface area contributed by atoms with Crippen LogP contribution in [0, 0.1) is 0 Å². The molecule has 0 saturated carbocycles. The highest BCUT2D eigenvalue weighted by molar-refractivity contribution is 9.10. The van der Waals surface area contributed by atoms with Crippen molar-refractivity contribution in [3.05, 3.63) is 45.4 Å². The highest BCUT2D eigenvalue weighted by atomic mass is 79.9. The number of rotatable bonds is 2. The van der Waals surface area contributed by atoms with Crippen molar-refractivity contribution in [1.82, 2.24) is 9.97 Å². The van der Waals surface area contributed by atoms with E-state index < -0.39 is 0 Å². The van der Waals surface area contributed by atoms with Crippen molar-refractivity contribution in [1.29, 1.82) is 0 Å². The minimum atomic E-state index is -0.270. The summed E-state index contributed by atoms with van der Waals surface area (Å²) in [4.78, 5) is 17.3. The molecule has 1 heterocycles. The number of aromatic nitrogens is 2. The third kappa shape index (κ3) is 2.60. The first kappa shape index (κ1) is 10.7. The van der Waals surface area contributed by atoms with E-state index in [0.717, 1.165) is 4.47 Å². The molecule has 0 atom stereocenters. The fourth-order valence-electron chi connectivity index (χ4n) is 1.17. The molecule has 0 aliphatic carbocycles. The van der Waals surface area contributed by atoms with E-state index in [1.54, 1.807) is 18.2 Å². The normalized spacial score (nSPS) is 10.1. The minimum Gasteiger partial charge on any atom is -0.439 e. The van der Waals surface area contributed by atoms with Crippen LogP contribution in [0.3, 0.4) is 0 Å². The molecule has 2 rings (SSSR count). The van der Waals surface area contributed by atoms with Crippen molar-refractivity contribution >= 4 is 21.6 Å². The summed E-state index contributed by atoms with van der Waals surface area (Å²) in [5.74, 6) is 0.742. The number of benzene rings is 1. The van der Waals surface area contributed by atoms with Gasteiger partial charge in [0.2, 0.25) is 5.88 Å². The standard InChI is InChI=1S/C10H8BrN3O2/c11-6-1-7(12)3-8(2-6)16-10-4-9(15)13-5-14-10/h1-5H,12H2,(H,13,14,15). The number of nitrogens with zero attached hydrogens (tertiary/aromatic N) is 1. The maximum Gasteiger partial charge on any atom is 0.254 e. The molecule has 0 fully saturated rings. The van der Waals surface area contributed by atoms with Gasteiger partial charge in [-0.15, -0.1) is 0 Å². The zero-order chi connectivity index (χ0) is 11.5. The maximum absolute atomic E-state index is 11.0. The van der Waals surface area contributed by atoms with Crippen LogP contribution in [0.2, 0.25) is 0 Å². The lowest BCUT2D eigenvalue weighted by Gasteiger charge is -2.05. The van der Waals surface area contributed by atoms with Crippen molar-refractivity contribution in [2.75, 3.05) is 5.73 Å². The van der Waals surface area contributed by atoms with Gasteiger partial charge >= 0.3 is 0 Å². The molecule has 0 spiro atoms. The van der Waals surface area contributed by atoms with E-state index in [-0.39, 0.29) is 11.4 Å². The van der Waals surface area contributed by atoms with Crippen molar-refractivity contribution in [3.63, 3.8) is 0 Å². The number of nitrogens with one attached hydrogen (secondary N) is 1. The molecule has 0 bridgehead atoms. The molecule has 0 saturated heterocycles. The third-order valence-electron chi connectivity index (χ3n) is 1.77. The fraction of sp³-hybridized carbons (Fsp3) is 0. The minimum absolute atomic E-state index is 0.223. The Hall–Kier alpha value is -1.82. The molecule has 16 heavy (non-hydrogen) atoms. The number of halogens is 1. The van der Waals surface area contributed by atoms with Gasteiger partial charge in [0.25, 0.3) is 5.56 Å². The average molecular weight is 282 g/mol. The van der Waals surface area contributed by atoms with Crippen LogP contribution in [0.5, 0.6) is 11.6 Å². The Morgan fingerprint density at radius 3 is 2.81 bits per heavy atom. The maximum atomic E-state index is 11.0. The molecule has 1 aromatic heterocycles. The van der Waals surface area contributed by atoms with E-state index in [9.17, 15) is 4.79 Å². The lowest BCUT2D eigenvalue weighted by molar-refractivity contribution is 0.460. The molecule has 0 aliphatic rings. The molecular formula is C10H8BrN3O2. The number of H-pyrrole nitrogens is 1. The van der Waals surface area contributed by atoms with E-state index in [0.29, 0.717) is 11.4 Å². The first-order chi connectivity index (χ1) is 7.63. The highest BCUT2D eigenvalue weighted by Gasteiger charge is 2.01. The monoisotopic (exact) mass is 281 g/mol. The summed E-state index contributed by atoms with van der Waals surface area (Å²) in [5, 5.41) is 0. The van der Waals surface area contributed by atoms with Gasteiger partial charge in [0.1, 0.15) is 5.75 Å². The molecule has 82 valence electrons. The number of hydrogen-bond donors (Lipinski definition) is 2. The quantitative estimate of drug-likeness (QED) is 0.824. The Balaban J connectivity index is 2.30. The summed E-state index contributed by atoms with van der Waals surface area (Å²) in [5.41, 5.74) is 5.94. The molecule has 0 amide bonds. The summed E-state index contributed by atoms with van der Waals surface area (Å²) in [7, 11) is 0. The Morgan fingerprint density at radius 2 is 2.12 bits per heavy atom. The predicted molar refractivity (Wildman–Crippen MR) is 63.5 cm³/mol. The Kier molecular flexibility index (Phi) is 2.91. The smallest absolute Gasteiger partial charge is 0.254 e. The summed E-state index contributed by atoms with van der Waals surface area (Å²) in [6, 6.07) is 6.39. The SMILES string of the molecule is Nc1cc(Br)cc(Oc2cc(=O)[nH]cn2)c1. The first-order valence-corrected chi connectivity index (χ1v) is 5.21. The van der Waals surface area contributed by atoms with Gasteiger partial charge in [-0.1, -0.05) is 15.9 Å². The Morgan fingerprint density at radius 1 is 1.31 bits per heavy atom. The van der Waals surface area contributed by atoms with Gasteiger partial charge in [-0.25, -0.2) is 4.98 Å². The second-order valence-corrected chi connectivity index (χ2v) is 3.99. The van der Waals surface area contributed by atoms with E-state index >= 15 is 0 Å².